The molecule has 0 bridgehead atoms. The molecular formula is C13H11F2N3O3. The molecule has 2 N–H and O–H groups in total. The summed E-state index contributed by atoms with van der Waals surface area (Å²) >= 11 is 0. The van der Waals surface area contributed by atoms with E-state index in [1.54, 1.807) is 6.92 Å². The summed E-state index contributed by atoms with van der Waals surface area (Å²) in [6.45, 7) is 1.64. The van der Waals surface area contributed by atoms with Gasteiger partial charge in [-0.3, -0.25) is 9.59 Å². The van der Waals surface area contributed by atoms with Crippen LogP contribution in [0.1, 0.15) is 12.2 Å². The number of nitrogens with one attached hydrogen (secondary N) is 2. The van der Waals surface area contributed by atoms with Crippen LogP contribution in [0.4, 0.5) is 20.3 Å². The van der Waals surface area contributed by atoms with E-state index in [0.29, 0.717) is 5.76 Å². The van der Waals surface area contributed by atoms with Gasteiger partial charge >= 0.3 is 0 Å². The lowest BCUT2D eigenvalue weighted by molar-refractivity contribution is -0.123. The maximum Gasteiger partial charge on any atom is 0.235 e. The first kappa shape index (κ1) is 14.6. The summed E-state index contributed by atoms with van der Waals surface area (Å²) in [4.78, 5) is 23.1. The summed E-state index contributed by atoms with van der Waals surface area (Å²) in [5, 5.41) is 7.84. The third kappa shape index (κ3) is 3.85. The van der Waals surface area contributed by atoms with Gasteiger partial charge in [-0.1, -0.05) is 11.2 Å². The number of carbonyl (C=O) groups is 2. The average Bonchev–Trinajstić information content (AvgIpc) is 2.79. The topological polar surface area (TPSA) is 84.2 Å². The molecule has 110 valence electrons. The van der Waals surface area contributed by atoms with Crippen molar-refractivity contribution < 1.29 is 22.9 Å². The molecule has 0 saturated carbocycles. The Bertz CT molecular complexity index is 665. The molecule has 1 aromatic heterocycles. The van der Waals surface area contributed by atoms with E-state index in [2.05, 4.69) is 10.5 Å². The van der Waals surface area contributed by atoms with Gasteiger partial charge < -0.3 is 15.2 Å². The Morgan fingerprint density at radius 2 is 1.81 bits per heavy atom. The number of hydrogen-bond acceptors (Lipinski definition) is 4. The number of anilines is 2. The van der Waals surface area contributed by atoms with Gasteiger partial charge in [-0.25, -0.2) is 8.78 Å². The maximum absolute atomic E-state index is 13.3. The molecule has 0 aliphatic rings. The highest BCUT2D eigenvalue weighted by Gasteiger charge is 2.15. The minimum atomic E-state index is -0.920. The SMILES string of the molecule is Cc1cc(NC(=O)CC(=O)Nc2c(F)cccc2F)no1. The molecule has 0 radical (unpaired) electrons. The van der Waals surface area contributed by atoms with Crippen LogP contribution in [-0.4, -0.2) is 17.0 Å². The number of halogens is 2. The predicted octanol–water partition coefficient (Wildman–Crippen LogP) is 2.23. The largest absolute Gasteiger partial charge is 0.360 e. The molecule has 2 aromatic rings. The number of hydrogen-bond donors (Lipinski definition) is 2. The van der Waals surface area contributed by atoms with Gasteiger partial charge in [0.25, 0.3) is 0 Å². The first-order chi connectivity index (χ1) is 9.95. The highest BCUT2D eigenvalue weighted by Crippen LogP contribution is 2.18. The zero-order valence-corrected chi connectivity index (χ0v) is 10.9. The Morgan fingerprint density at radius 1 is 1.19 bits per heavy atom. The fraction of sp³-hybridized carbons (Fsp3) is 0.154. The Balaban J connectivity index is 1.94. The zero-order chi connectivity index (χ0) is 15.4. The number of rotatable bonds is 4. The van der Waals surface area contributed by atoms with E-state index < -0.39 is 35.6 Å². The van der Waals surface area contributed by atoms with Gasteiger partial charge in [0.05, 0.1) is 0 Å². The van der Waals surface area contributed by atoms with Gasteiger partial charge in [-0.15, -0.1) is 0 Å². The second kappa shape index (κ2) is 6.12. The molecular weight excluding hydrogens is 284 g/mol. The number of amides is 2. The average molecular weight is 295 g/mol. The summed E-state index contributed by atoms with van der Waals surface area (Å²) in [7, 11) is 0. The number of benzene rings is 1. The number of aryl methyl sites for hydroxylation is 1. The summed E-state index contributed by atoms with van der Waals surface area (Å²) in [6, 6.07) is 4.63. The van der Waals surface area contributed by atoms with E-state index in [0.717, 1.165) is 12.1 Å². The fourth-order valence-corrected chi connectivity index (χ4v) is 1.56. The Kier molecular flexibility index (Phi) is 4.27. The minimum absolute atomic E-state index is 0.155. The smallest absolute Gasteiger partial charge is 0.235 e. The van der Waals surface area contributed by atoms with E-state index in [-0.39, 0.29) is 5.82 Å². The van der Waals surface area contributed by atoms with Crippen molar-refractivity contribution in [1.82, 2.24) is 5.16 Å². The molecule has 0 aliphatic heterocycles. The lowest BCUT2D eigenvalue weighted by Crippen LogP contribution is -2.22. The van der Waals surface area contributed by atoms with Crippen LogP contribution in [-0.2, 0) is 9.59 Å². The van der Waals surface area contributed by atoms with Crippen LogP contribution in [0, 0.1) is 18.6 Å². The molecule has 0 saturated heterocycles. The molecule has 6 nitrogen and oxygen atoms in total. The second-order valence-corrected chi connectivity index (χ2v) is 4.19. The highest BCUT2D eigenvalue weighted by atomic mass is 19.1. The first-order valence-corrected chi connectivity index (χ1v) is 5.92. The van der Waals surface area contributed by atoms with Crippen molar-refractivity contribution in [2.45, 2.75) is 13.3 Å². The normalized spacial score (nSPS) is 10.2. The minimum Gasteiger partial charge on any atom is -0.360 e. The Morgan fingerprint density at radius 3 is 2.38 bits per heavy atom. The molecule has 0 atom stereocenters. The lowest BCUT2D eigenvalue weighted by atomic mass is 10.2. The van der Waals surface area contributed by atoms with Crippen LogP contribution < -0.4 is 10.6 Å². The van der Waals surface area contributed by atoms with Crippen LogP contribution in [0.15, 0.2) is 28.8 Å². The lowest BCUT2D eigenvalue weighted by Gasteiger charge is -2.07. The van der Waals surface area contributed by atoms with Crippen LogP contribution in [0.3, 0.4) is 0 Å². The fourth-order valence-electron chi connectivity index (χ4n) is 1.56. The van der Waals surface area contributed by atoms with Gasteiger partial charge in [0.1, 0.15) is 29.5 Å². The van der Waals surface area contributed by atoms with Crippen molar-refractivity contribution in [3.63, 3.8) is 0 Å². The monoisotopic (exact) mass is 295 g/mol. The van der Waals surface area contributed by atoms with Gasteiger partial charge in [-0.2, -0.15) is 0 Å². The standard InChI is InChI=1S/C13H11F2N3O3/c1-7-5-10(18-21-7)16-11(19)6-12(20)17-13-8(14)3-2-4-9(13)15/h2-5H,6H2,1H3,(H,17,20)(H,16,18,19). The Labute approximate surface area is 118 Å². The summed E-state index contributed by atoms with van der Waals surface area (Å²) in [6.07, 6.45) is -0.611. The van der Waals surface area contributed by atoms with Crippen LogP contribution in [0.5, 0.6) is 0 Å². The Hall–Kier alpha value is -2.77. The van der Waals surface area contributed by atoms with Crippen molar-refractivity contribution in [3.05, 3.63) is 41.7 Å². The van der Waals surface area contributed by atoms with Gasteiger partial charge in [0.15, 0.2) is 5.82 Å². The maximum atomic E-state index is 13.3. The predicted molar refractivity (Wildman–Crippen MR) is 69.5 cm³/mol. The van der Waals surface area contributed by atoms with E-state index in [1.807, 2.05) is 5.32 Å². The molecule has 2 amide bonds. The molecule has 1 heterocycles. The van der Waals surface area contributed by atoms with Gasteiger partial charge in [0.2, 0.25) is 11.8 Å². The van der Waals surface area contributed by atoms with E-state index >= 15 is 0 Å². The molecule has 0 fully saturated rings. The van der Waals surface area contributed by atoms with E-state index in [9.17, 15) is 18.4 Å². The van der Waals surface area contributed by atoms with Crippen molar-refractivity contribution in [2.75, 3.05) is 10.6 Å². The first-order valence-electron chi connectivity index (χ1n) is 5.92. The molecule has 1 aromatic carbocycles. The third-order valence-electron chi connectivity index (χ3n) is 2.44. The molecule has 0 spiro atoms. The summed E-state index contributed by atoms with van der Waals surface area (Å²) in [5.41, 5.74) is -0.590. The number of nitrogens with zero attached hydrogens (tertiary/aromatic N) is 1. The quantitative estimate of drug-likeness (QED) is 0.847. The van der Waals surface area contributed by atoms with Crippen molar-refractivity contribution in [3.8, 4) is 0 Å². The molecule has 21 heavy (non-hydrogen) atoms. The van der Waals surface area contributed by atoms with Crippen LogP contribution >= 0.6 is 0 Å². The number of para-hydroxylation sites is 1. The summed E-state index contributed by atoms with van der Waals surface area (Å²) in [5.74, 6) is -2.73. The van der Waals surface area contributed by atoms with Crippen molar-refractivity contribution in [1.29, 1.82) is 0 Å². The van der Waals surface area contributed by atoms with Gasteiger partial charge in [-0.05, 0) is 19.1 Å². The summed E-state index contributed by atoms with van der Waals surface area (Å²) < 4.78 is 31.4. The van der Waals surface area contributed by atoms with Crippen molar-refractivity contribution in [2.24, 2.45) is 0 Å². The van der Waals surface area contributed by atoms with Crippen LogP contribution in [0.25, 0.3) is 0 Å². The number of carbonyl (C=O) groups excluding carboxylic acids is 2. The molecule has 2 rings (SSSR count). The number of aromatic nitrogens is 1. The third-order valence-corrected chi connectivity index (χ3v) is 2.44. The highest BCUT2D eigenvalue weighted by molar-refractivity contribution is 6.07. The second-order valence-electron chi connectivity index (χ2n) is 4.19. The van der Waals surface area contributed by atoms with Crippen molar-refractivity contribution >= 4 is 23.3 Å². The van der Waals surface area contributed by atoms with Crippen LogP contribution in [0.2, 0.25) is 0 Å². The molecule has 0 aliphatic carbocycles. The molecule has 8 heteroatoms. The van der Waals surface area contributed by atoms with E-state index in [1.165, 1.54) is 12.1 Å². The van der Waals surface area contributed by atoms with E-state index in [4.69, 9.17) is 4.52 Å². The molecule has 0 unspecified atom stereocenters. The van der Waals surface area contributed by atoms with Gasteiger partial charge in [0, 0.05) is 6.07 Å². The zero-order valence-electron chi connectivity index (χ0n) is 10.9.